The minimum atomic E-state index is -0.538. The van der Waals surface area contributed by atoms with Crippen LogP contribution < -0.4 is 5.73 Å². The highest BCUT2D eigenvalue weighted by Crippen LogP contribution is 2.28. The molecule has 1 aromatic heterocycles. The van der Waals surface area contributed by atoms with Gasteiger partial charge < -0.3 is 5.73 Å². The predicted octanol–water partition coefficient (Wildman–Crippen LogP) is 1.65. The standard InChI is InChI=1S/C11H17N3O/c1-4-11(3,5-2)9-7-13-8(6-14-9)10(12)15/h6-7H,4-5H2,1-3H3,(H2,12,15). The molecule has 82 valence electrons. The van der Waals surface area contributed by atoms with Gasteiger partial charge in [-0.25, -0.2) is 4.98 Å². The summed E-state index contributed by atoms with van der Waals surface area (Å²) in [7, 11) is 0. The van der Waals surface area contributed by atoms with Crippen LogP contribution in [0.3, 0.4) is 0 Å². The maximum absolute atomic E-state index is 10.8. The normalized spacial score (nSPS) is 11.4. The van der Waals surface area contributed by atoms with E-state index in [-0.39, 0.29) is 11.1 Å². The average molecular weight is 207 g/mol. The van der Waals surface area contributed by atoms with E-state index in [4.69, 9.17) is 5.73 Å². The number of nitrogens with zero attached hydrogens (tertiary/aromatic N) is 2. The molecule has 0 saturated heterocycles. The van der Waals surface area contributed by atoms with Gasteiger partial charge in [0, 0.05) is 11.6 Å². The van der Waals surface area contributed by atoms with Gasteiger partial charge in [0.05, 0.1) is 11.9 Å². The van der Waals surface area contributed by atoms with Crippen LogP contribution >= 0.6 is 0 Å². The molecule has 0 fully saturated rings. The van der Waals surface area contributed by atoms with Crippen molar-refractivity contribution >= 4 is 5.91 Å². The van der Waals surface area contributed by atoms with Gasteiger partial charge in [0.25, 0.3) is 5.91 Å². The molecule has 0 aliphatic rings. The number of hydrogen-bond acceptors (Lipinski definition) is 3. The smallest absolute Gasteiger partial charge is 0.268 e. The van der Waals surface area contributed by atoms with Gasteiger partial charge in [-0.3, -0.25) is 9.78 Å². The maximum Gasteiger partial charge on any atom is 0.268 e. The fourth-order valence-corrected chi connectivity index (χ4v) is 1.38. The summed E-state index contributed by atoms with van der Waals surface area (Å²) < 4.78 is 0. The quantitative estimate of drug-likeness (QED) is 0.816. The molecule has 0 bridgehead atoms. The monoisotopic (exact) mass is 207 g/mol. The van der Waals surface area contributed by atoms with Crippen molar-refractivity contribution in [1.29, 1.82) is 0 Å². The first kappa shape index (κ1) is 11.6. The molecule has 0 saturated carbocycles. The van der Waals surface area contributed by atoms with E-state index < -0.39 is 5.91 Å². The van der Waals surface area contributed by atoms with Gasteiger partial charge in [-0.2, -0.15) is 0 Å². The van der Waals surface area contributed by atoms with Crippen LogP contribution in [0.4, 0.5) is 0 Å². The molecule has 1 amide bonds. The van der Waals surface area contributed by atoms with E-state index in [1.807, 2.05) is 0 Å². The van der Waals surface area contributed by atoms with Crippen molar-refractivity contribution in [1.82, 2.24) is 9.97 Å². The van der Waals surface area contributed by atoms with Crippen LogP contribution in [0.5, 0.6) is 0 Å². The number of hydrogen-bond donors (Lipinski definition) is 1. The topological polar surface area (TPSA) is 68.9 Å². The van der Waals surface area contributed by atoms with Crippen molar-refractivity contribution in [3.63, 3.8) is 0 Å². The summed E-state index contributed by atoms with van der Waals surface area (Å²) in [4.78, 5) is 19.1. The van der Waals surface area contributed by atoms with Gasteiger partial charge in [-0.05, 0) is 12.8 Å². The van der Waals surface area contributed by atoms with Gasteiger partial charge in [0.1, 0.15) is 5.69 Å². The molecule has 2 N–H and O–H groups in total. The van der Waals surface area contributed by atoms with E-state index in [2.05, 4.69) is 30.7 Å². The maximum atomic E-state index is 10.8. The van der Waals surface area contributed by atoms with Gasteiger partial charge in [0.2, 0.25) is 0 Å². The Hall–Kier alpha value is -1.45. The first-order chi connectivity index (χ1) is 7.03. The molecule has 1 rings (SSSR count). The zero-order valence-electron chi connectivity index (χ0n) is 9.45. The summed E-state index contributed by atoms with van der Waals surface area (Å²) in [5.74, 6) is -0.538. The summed E-state index contributed by atoms with van der Waals surface area (Å²) in [6, 6.07) is 0. The molecule has 4 nitrogen and oxygen atoms in total. The van der Waals surface area contributed by atoms with E-state index in [9.17, 15) is 4.79 Å². The molecule has 0 aromatic carbocycles. The van der Waals surface area contributed by atoms with Crippen LogP contribution in [0, 0.1) is 0 Å². The molecule has 0 atom stereocenters. The zero-order valence-corrected chi connectivity index (χ0v) is 9.45. The van der Waals surface area contributed by atoms with Crippen LogP contribution in [0.2, 0.25) is 0 Å². The third kappa shape index (κ3) is 2.32. The highest BCUT2D eigenvalue weighted by atomic mass is 16.1. The highest BCUT2D eigenvalue weighted by molar-refractivity contribution is 5.90. The summed E-state index contributed by atoms with van der Waals surface area (Å²) in [5.41, 5.74) is 6.26. The van der Waals surface area contributed by atoms with Crippen LogP contribution in [-0.2, 0) is 5.41 Å². The SMILES string of the molecule is CCC(C)(CC)c1cnc(C(N)=O)cn1. The van der Waals surface area contributed by atoms with E-state index in [0.717, 1.165) is 18.5 Å². The van der Waals surface area contributed by atoms with E-state index in [1.165, 1.54) is 6.20 Å². The first-order valence-electron chi connectivity index (χ1n) is 5.16. The largest absolute Gasteiger partial charge is 0.364 e. The number of primary amides is 1. The van der Waals surface area contributed by atoms with Gasteiger partial charge >= 0.3 is 0 Å². The molecule has 0 radical (unpaired) electrons. The lowest BCUT2D eigenvalue weighted by Gasteiger charge is -2.25. The Morgan fingerprint density at radius 3 is 2.27 bits per heavy atom. The molecule has 0 aliphatic heterocycles. The van der Waals surface area contributed by atoms with Crippen molar-refractivity contribution in [3.8, 4) is 0 Å². The Labute approximate surface area is 89.9 Å². The fraction of sp³-hybridized carbons (Fsp3) is 0.545. The molecule has 15 heavy (non-hydrogen) atoms. The molecule has 0 spiro atoms. The minimum Gasteiger partial charge on any atom is -0.364 e. The molecule has 1 aromatic rings. The Bertz CT molecular complexity index is 341. The number of nitrogens with two attached hydrogens (primary N) is 1. The van der Waals surface area contributed by atoms with E-state index >= 15 is 0 Å². The predicted molar refractivity (Wildman–Crippen MR) is 58.5 cm³/mol. The number of carbonyl (C=O) groups is 1. The second-order valence-corrected chi connectivity index (χ2v) is 3.92. The average Bonchev–Trinajstić information content (AvgIpc) is 2.28. The second kappa shape index (κ2) is 4.38. The van der Waals surface area contributed by atoms with Crippen molar-refractivity contribution in [2.45, 2.75) is 39.0 Å². The van der Waals surface area contributed by atoms with E-state index in [1.54, 1.807) is 6.20 Å². The lowest BCUT2D eigenvalue weighted by atomic mass is 9.82. The lowest BCUT2D eigenvalue weighted by Crippen LogP contribution is -2.22. The molecule has 1 heterocycles. The lowest BCUT2D eigenvalue weighted by molar-refractivity contribution is 0.0995. The number of amides is 1. The van der Waals surface area contributed by atoms with Crippen molar-refractivity contribution in [2.24, 2.45) is 5.73 Å². The molecule has 4 heteroatoms. The fourth-order valence-electron chi connectivity index (χ4n) is 1.38. The molecular formula is C11H17N3O. The highest BCUT2D eigenvalue weighted by Gasteiger charge is 2.24. The van der Waals surface area contributed by atoms with E-state index in [0.29, 0.717) is 0 Å². The third-order valence-corrected chi connectivity index (χ3v) is 3.08. The van der Waals surface area contributed by atoms with Crippen molar-refractivity contribution in [2.75, 3.05) is 0 Å². The number of rotatable bonds is 4. The third-order valence-electron chi connectivity index (χ3n) is 3.08. The summed E-state index contributed by atoms with van der Waals surface area (Å²) in [6.07, 6.45) is 5.08. The van der Waals surface area contributed by atoms with Gasteiger partial charge in [-0.15, -0.1) is 0 Å². The van der Waals surface area contributed by atoms with Crippen LogP contribution in [0.1, 0.15) is 49.8 Å². The Morgan fingerprint density at radius 1 is 1.33 bits per heavy atom. The summed E-state index contributed by atoms with van der Waals surface area (Å²) in [5, 5.41) is 0. The zero-order chi connectivity index (χ0) is 11.5. The Kier molecular flexibility index (Phi) is 3.39. The summed E-state index contributed by atoms with van der Waals surface area (Å²) >= 11 is 0. The minimum absolute atomic E-state index is 0.0309. The number of carbonyl (C=O) groups excluding carboxylic acids is 1. The summed E-state index contributed by atoms with van der Waals surface area (Å²) in [6.45, 7) is 6.38. The molecular weight excluding hydrogens is 190 g/mol. The van der Waals surface area contributed by atoms with Crippen LogP contribution in [-0.4, -0.2) is 15.9 Å². The second-order valence-electron chi connectivity index (χ2n) is 3.92. The van der Waals surface area contributed by atoms with Gasteiger partial charge in [-0.1, -0.05) is 20.8 Å². The molecule has 0 aliphatic carbocycles. The van der Waals surface area contributed by atoms with Gasteiger partial charge in [0.15, 0.2) is 0 Å². The Balaban J connectivity index is 3.02. The Morgan fingerprint density at radius 2 is 1.93 bits per heavy atom. The first-order valence-corrected chi connectivity index (χ1v) is 5.16. The van der Waals surface area contributed by atoms with Crippen molar-refractivity contribution in [3.05, 3.63) is 23.8 Å². The van der Waals surface area contributed by atoms with Crippen molar-refractivity contribution < 1.29 is 4.79 Å². The van der Waals surface area contributed by atoms with Crippen LogP contribution in [0.25, 0.3) is 0 Å². The molecule has 0 unspecified atom stereocenters. The number of aromatic nitrogens is 2. The van der Waals surface area contributed by atoms with Crippen LogP contribution in [0.15, 0.2) is 12.4 Å².